The molecule has 1 amide bonds. The molecule has 1 aliphatic heterocycles. The average molecular weight is 309 g/mol. The number of carbonyl (C=O) groups is 1. The minimum absolute atomic E-state index is 0.0405. The van der Waals surface area contributed by atoms with Crippen molar-refractivity contribution in [2.75, 3.05) is 24.3 Å². The Morgan fingerprint density at radius 3 is 2.38 bits per heavy atom. The summed E-state index contributed by atoms with van der Waals surface area (Å²) in [4.78, 5) is 14.6. The van der Waals surface area contributed by atoms with Crippen LogP contribution in [0.4, 0.5) is 5.69 Å². The van der Waals surface area contributed by atoms with Gasteiger partial charge in [0.25, 0.3) is 0 Å². The largest absolute Gasteiger partial charge is 0.326 e. The Hall–Kier alpha value is -1.06. The summed E-state index contributed by atoms with van der Waals surface area (Å²) in [7, 11) is 0. The normalized spacial score (nSPS) is 16.7. The molecule has 0 bridgehead atoms. The molecule has 2 rings (SSSR count). The lowest BCUT2D eigenvalue weighted by Gasteiger charge is -2.26. The fourth-order valence-electron chi connectivity index (χ4n) is 2.43. The summed E-state index contributed by atoms with van der Waals surface area (Å²) >= 11 is 5.82. The lowest BCUT2D eigenvalue weighted by Crippen LogP contribution is -2.32. The minimum atomic E-state index is -0.548. The van der Waals surface area contributed by atoms with E-state index in [0.29, 0.717) is 5.88 Å². The monoisotopic (exact) mass is 308 g/mol. The van der Waals surface area contributed by atoms with Crippen LogP contribution in [0.1, 0.15) is 38.7 Å². The number of hydrogen-bond acceptors (Lipinski definition) is 2. The number of likely N-dealkylation sites (tertiary alicyclic amines) is 1. The SMILES string of the molecule is CC(C)(CCl)C(=O)Nc1ccc(CN2CCCCC2)cc1. The van der Waals surface area contributed by atoms with Gasteiger partial charge in [-0.2, -0.15) is 0 Å². The van der Waals surface area contributed by atoms with Crippen LogP contribution < -0.4 is 5.32 Å². The van der Waals surface area contributed by atoms with E-state index in [0.717, 1.165) is 12.2 Å². The third kappa shape index (κ3) is 4.72. The van der Waals surface area contributed by atoms with Crippen LogP contribution in [0.2, 0.25) is 0 Å². The van der Waals surface area contributed by atoms with Gasteiger partial charge in [-0.25, -0.2) is 0 Å². The number of benzene rings is 1. The van der Waals surface area contributed by atoms with Gasteiger partial charge in [0.1, 0.15) is 0 Å². The van der Waals surface area contributed by atoms with Gasteiger partial charge in [-0.3, -0.25) is 9.69 Å². The maximum absolute atomic E-state index is 12.1. The molecule has 1 N–H and O–H groups in total. The molecule has 4 heteroatoms. The molecule has 0 radical (unpaired) electrons. The third-order valence-corrected chi connectivity index (χ3v) is 4.68. The third-order valence-electron chi connectivity index (χ3n) is 4.02. The summed E-state index contributed by atoms with van der Waals surface area (Å²) in [6, 6.07) is 8.14. The summed E-state index contributed by atoms with van der Waals surface area (Å²) in [5.74, 6) is 0.271. The quantitative estimate of drug-likeness (QED) is 0.837. The summed E-state index contributed by atoms with van der Waals surface area (Å²) < 4.78 is 0. The molecule has 0 atom stereocenters. The zero-order valence-corrected chi connectivity index (χ0v) is 13.7. The highest BCUT2D eigenvalue weighted by Gasteiger charge is 2.26. The molecule has 116 valence electrons. The van der Waals surface area contributed by atoms with Crippen molar-refractivity contribution in [1.82, 2.24) is 4.90 Å². The van der Waals surface area contributed by atoms with Crippen LogP contribution in [-0.4, -0.2) is 29.8 Å². The molecule has 1 aromatic rings. The first-order valence-electron chi connectivity index (χ1n) is 7.70. The molecular weight excluding hydrogens is 284 g/mol. The first-order chi connectivity index (χ1) is 10.0. The molecule has 1 fully saturated rings. The van der Waals surface area contributed by atoms with Crippen LogP contribution in [0, 0.1) is 5.41 Å². The van der Waals surface area contributed by atoms with Crippen LogP contribution in [0.15, 0.2) is 24.3 Å². The summed E-state index contributed by atoms with van der Waals surface area (Å²) in [5.41, 5.74) is 1.58. The number of nitrogens with zero attached hydrogens (tertiary/aromatic N) is 1. The first kappa shape index (κ1) is 16.3. The van der Waals surface area contributed by atoms with Crippen LogP contribution in [0.25, 0.3) is 0 Å². The fraction of sp³-hybridized carbons (Fsp3) is 0.588. The van der Waals surface area contributed by atoms with Crippen LogP contribution >= 0.6 is 11.6 Å². The molecule has 0 aromatic heterocycles. The molecule has 0 unspecified atom stereocenters. The zero-order chi connectivity index (χ0) is 15.3. The van der Waals surface area contributed by atoms with Crippen molar-refractivity contribution < 1.29 is 4.79 Å². The number of hydrogen-bond donors (Lipinski definition) is 1. The molecule has 0 saturated carbocycles. The van der Waals surface area contributed by atoms with E-state index in [1.807, 2.05) is 26.0 Å². The predicted molar refractivity (Wildman–Crippen MR) is 88.7 cm³/mol. The number of amides is 1. The van der Waals surface area contributed by atoms with E-state index in [1.165, 1.54) is 37.9 Å². The molecular formula is C17H25ClN2O. The Bertz CT molecular complexity index is 464. The topological polar surface area (TPSA) is 32.3 Å². The van der Waals surface area contributed by atoms with Crippen molar-refractivity contribution in [1.29, 1.82) is 0 Å². The molecule has 3 nitrogen and oxygen atoms in total. The predicted octanol–water partition coefficient (Wildman–Crippen LogP) is 3.88. The standard InChI is InChI=1S/C17H25ClN2O/c1-17(2,13-18)16(21)19-15-8-6-14(7-9-15)12-20-10-4-3-5-11-20/h6-9H,3-5,10-13H2,1-2H3,(H,19,21). The van der Waals surface area contributed by atoms with Crippen molar-refractivity contribution in [3.05, 3.63) is 29.8 Å². The Kier molecular flexibility index (Phi) is 5.65. The van der Waals surface area contributed by atoms with Crippen LogP contribution in [0.5, 0.6) is 0 Å². The maximum Gasteiger partial charge on any atom is 0.231 e. The number of anilines is 1. The highest BCUT2D eigenvalue weighted by molar-refractivity contribution is 6.20. The Balaban J connectivity index is 1.91. The number of rotatable bonds is 5. The lowest BCUT2D eigenvalue weighted by atomic mass is 9.95. The second kappa shape index (κ2) is 7.28. The van der Waals surface area contributed by atoms with E-state index in [1.54, 1.807) is 0 Å². The van der Waals surface area contributed by atoms with E-state index in [9.17, 15) is 4.79 Å². The number of nitrogens with one attached hydrogen (secondary N) is 1. The van der Waals surface area contributed by atoms with Gasteiger partial charge < -0.3 is 5.32 Å². The van der Waals surface area contributed by atoms with Crippen LogP contribution in [0.3, 0.4) is 0 Å². The number of piperidine rings is 1. The van der Waals surface area contributed by atoms with Gasteiger partial charge in [-0.1, -0.05) is 18.6 Å². The molecule has 1 aromatic carbocycles. The molecule has 1 aliphatic rings. The van der Waals surface area contributed by atoms with Crippen molar-refractivity contribution in [2.45, 2.75) is 39.7 Å². The van der Waals surface area contributed by atoms with E-state index >= 15 is 0 Å². The second-order valence-corrected chi connectivity index (χ2v) is 6.77. The molecule has 0 spiro atoms. The summed E-state index contributed by atoms with van der Waals surface area (Å²) in [6.45, 7) is 7.09. The summed E-state index contributed by atoms with van der Waals surface area (Å²) in [5, 5.41) is 2.93. The van der Waals surface area contributed by atoms with Crippen molar-refractivity contribution in [2.24, 2.45) is 5.41 Å². The molecule has 0 aliphatic carbocycles. The average Bonchev–Trinajstić information content (AvgIpc) is 2.50. The van der Waals surface area contributed by atoms with E-state index in [-0.39, 0.29) is 5.91 Å². The number of alkyl halides is 1. The molecule has 1 saturated heterocycles. The van der Waals surface area contributed by atoms with Gasteiger partial charge in [-0.05, 0) is 57.5 Å². The maximum atomic E-state index is 12.1. The molecule has 21 heavy (non-hydrogen) atoms. The second-order valence-electron chi connectivity index (χ2n) is 6.51. The van der Waals surface area contributed by atoms with Crippen molar-refractivity contribution >= 4 is 23.2 Å². The minimum Gasteiger partial charge on any atom is -0.326 e. The Labute approximate surface area is 132 Å². The Morgan fingerprint density at radius 1 is 1.19 bits per heavy atom. The van der Waals surface area contributed by atoms with Crippen LogP contribution in [-0.2, 0) is 11.3 Å². The highest BCUT2D eigenvalue weighted by Crippen LogP contribution is 2.21. The van der Waals surface area contributed by atoms with Gasteiger partial charge in [0.05, 0.1) is 5.41 Å². The fourth-order valence-corrected chi connectivity index (χ4v) is 2.55. The highest BCUT2D eigenvalue weighted by atomic mass is 35.5. The molecule has 1 heterocycles. The lowest BCUT2D eigenvalue weighted by molar-refractivity contribution is -0.122. The van der Waals surface area contributed by atoms with Gasteiger partial charge in [0.15, 0.2) is 0 Å². The number of carbonyl (C=O) groups excluding carboxylic acids is 1. The summed E-state index contributed by atoms with van der Waals surface area (Å²) in [6.07, 6.45) is 3.97. The zero-order valence-electron chi connectivity index (χ0n) is 13.0. The van der Waals surface area contributed by atoms with E-state index in [4.69, 9.17) is 11.6 Å². The van der Waals surface area contributed by atoms with Crippen molar-refractivity contribution in [3.8, 4) is 0 Å². The first-order valence-corrected chi connectivity index (χ1v) is 8.23. The van der Waals surface area contributed by atoms with Gasteiger partial charge in [0.2, 0.25) is 5.91 Å². The van der Waals surface area contributed by atoms with Gasteiger partial charge in [-0.15, -0.1) is 11.6 Å². The van der Waals surface area contributed by atoms with Gasteiger partial charge >= 0.3 is 0 Å². The van der Waals surface area contributed by atoms with Gasteiger partial charge in [0, 0.05) is 18.1 Å². The van der Waals surface area contributed by atoms with E-state index in [2.05, 4.69) is 22.3 Å². The smallest absolute Gasteiger partial charge is 0.231 e. The van der Waals surface area contributed by atoms with E-state index < -0.39 is 5.41 Å². The van der Waals surface area contributed by atoms with Crippen molar-refractivity contribution in [3.63, 3.8) is 0 Å². The Morgan fingerprint density at radius 2 is 1.81 bits per heavy atom. The number of halogens is 1.